The van der Waals surface area contributed by atoms with E-state index in [9.17, 15) is 0 Å². The number of aromatic nitrogens is 2. The van der Waals surface area contributed by atoms with Gasteiger partial charge in [0.1, 0.15) is 0 Å². The molecule has 2 aromatic carbocycles. The van der Waals surface area contributed by atoms with E-state index in [-0.39, 0.29) is 0 Å². The second kappa shape index (κ2) is 7.67. The van der Waals surface area contributed by atoms with Crippen LogP contribution in [0, 0.1) is 0 Å². The molecule has 3 nitrogen and oxygen atoms in total. The molecule has 0 saturated heterocycles. The number of thioether (sulfide) groups is 4. The number of hydrogen-bond donors (Lipinski definition) is 0. The van der Waals surface area contributed by atoms with Gasteiger partial charge in [0, 0.05) is 16.0 Å². The zero-order chi connectivity index (χ0) is 18.1. The molecule has 2 aliphatic heterocycles. The minimum atomic E-state index is 0.537. The summed E-state index contributed by atoms with van der Waals surface area (Å²) in [5, 5.41) is 14.9. The highest BCUT2D eigenvalue weighted by molar-refractivity contribution is 8.35. The van der Waals surface area contributed by atoms with Gasteiger partial charge < -0.3 is 4.42 Å². The third-order valence-electron chi connectivity index (χ3n) is 3.91. The van der Waals surface area contributed by atoms with Crippen molar-refractivity contribution in [2.24, 2.45) is 0 Å². The minimum Gasteiger partial charge on any atom is -0.416 e. The highest BCUT2D eigenvalue weighted by Crippen LogP contribution is 2.55. The molecule has 0 aliphatic carbocycles. The molecule has 0 amide bonds. The van der Waals surface area contributed by atoms with E-state index in [4.69, 9.17) is 4.42 Å². The fraction of sp³-hybridized carbons (Fsp3) is 0. The fourth-order valence-corrected chi connectivity index (χ4v) is 7.07. The van der Waals surface area contributed by atoms with Gasteiger partial charge in [0.05, 0.1) is 8.47 Å². The Morgan fingerprint density at radius 3 is 1.96 bits per heavy atom. The summed E-state index contributed by atoms with van der Waals surface area (Å²) in [6, 6.07) is 18.1. The van der Waals surface area contributed by atoms with Crippen molar-refractivity contribution in [3.8, 4) is 22.9 Å². The normalized spacial score (nSPS) is 16.2. The Morgan fingerprint density at radius 2 is 1.26 bits per heavy atom. The van der Waals surface area contributed by atoms with Crippen molar-refractivity contribution in [3.05, 3.63) is 84.9 Å². The molecule has 0 radical (unpaired) electrons. The lowest BCUT2D eigenvalue weighted by Crippen LogP contribution is -1.81. The molecule has 0 spiro atoms. The van der Waals surface area contributed by atoms with E-state index in [0.717, 1.165) is 11.1 Å². The Morgan fingerprint density at radius 1 is 0.630 bits per heavy atom. The molecule has 3 aromatic rings. The maximum atomic E-state index is 5.84. The zero-order valence-corrected chi connectivity index (χ0v) is 17.1. The maximum absolute atomic E-state index is 5.84. The first kappa shape index (κ1) is 17.3. The van der Waals surface area contributed by atoms with E-state index >= 15 is 0 Å². The zero-order valence-electron chi connectivity index (χ0n) is 13.9. The summed E-state index contributed by atoms with van der Waals surface area (Å²) in [5.74, 6) is 1.08. The lowest BCUT2D eigenvalue weighted by atomic mass is 10.1. The highest BCUT2D eigenvalue weighted by atomic mass is 32.2. The van der Waals surface area contributed by atoms with Crippen molar-refractivity contribution < 1.29 is 4.42 Å². The number of hydrogen-bond acceptors (Lipinski definition) is 7. The summed E-state index contributed by atoms with van der Waals surface area (Å²) >= 11 is 7.23. The Hall–Kier alpha value is -1.80. The van der Waals surface area contributed by atoms with Gasteiger partial charge in [-0.1, -0.05) is 77.4 Å². The van der Waals surface area contributed by atoms with Crippen molar-refractivity contribution in [2.75, 3.05) is 0 Å². The third kappa shape index (κ3) is 3.65. The number of nitrogens with zero attached hydrogens (tertiary/aromatic N) is 2. The quantitative estimate of drug-likeness (QED) is 0.438. The molecular formula is C20H12N2OS4. The van der Waals surface area contributed by atoms with E-state index in [0.29, 0.717) is 11.8 Å². The van der Waals surface area contributed by atoms with Crippen LogP contribution in [0.4, 0.5) is 0 Å². The molecule has 5 rings (SSSR count). The SMILES string of the molecule is C1=CSC(=C2SC=C(c3ccc(-c4nnc(-c5ccccc5)o4)cc3)S2)S1. The van der Waals surface area contributed by atoms with E-state index < -0.39 is 0 Å². The summed E-state index contributed by atoms with van der Waals surface area (Å²) in [7, 11) is 0. The number of rotatable bonds is 3. The first-order valence-electron chi connectivity index (χ1n) is 8.14. The molecule has 0 N–H and O–H groups in total. The van der Waals surface area contributed by atoms with Gasteiger partial charge in [-0.3, -0.25) is 0 Å². The monoisotopic (exact) mass is 424 g/mol. The second-order valence-corrected chi connectivity index (χ2v) is 9.92. The van der Waals surface area contributed by atoms with Gasteiger partial charge in [-0.15, -0.1) is 10.2 Å². The Labute approximate surface area is 173 Å². The van der Waals surface area contributed by atoms with E-state index in [1.165, 1.54) is 18.9 Å². The van der Waals surface area contributed by atoms with Crippen molar-refractivity contribution >= 4 is 52.0 Å². The molecule has 0 atom stereocenters. The van der Waals surface area contributed by atoms with Gasteiger partial charge in [0.15, 0.2) is 0 Å². The van der Waals surface area contributed by atoms with Crippen molar-refractivity contribution in [1.29, 1.82) is 0 Å². The standard InChI is InChI=1S/C20H12N2OS4/c1-2-4-14(5-3-1)17-21-22-18(23-17)15-8-6-13(7-9-15)16-12-26-20(27-16)19-24-10-11-25-19/h1-12H. The summed E-state index contributed by atoms with van der Waals surface area (Å²) in [6.07, 6.45) is 0. The minimum absolute atomic E-state index is 0.537. The molecule has 132 valence electrons. The molecule has 0 unspecified atom stereocenters. The molecule has 3 heterocycles. The van der Waals surface area contributed by atoms with Crippen molar-refractivity contribution in [1.82, 2.24) is 10.2 Å². The van der Waals surface area contributed by atoms with E-state index in [1.54, 1.807) is 35.3 Å². The van der Waals surface area contributed by atoms with Gasteiger partial charge in [-0.05, 0) is 46.1 Å². The molecule has 1 aromatic heterocycles. The predicted octanol–water partition coefficient (Wildman–Crippen LogP) is 7.26. The predicted molar refractivity (Wildman–Crippen MR) is 120 cm³/mol. The van der Waals surface area contributed by atoms with Crippen LogP contribution < -0.4 is 0 Å². The largest absolute Gasteiger partial charge is 0.416 e. The lowest BCUT2D eigenvalue weighted by molar-refractivity contribution is 0.584. The van der Waals surface area contributed by atoms with Gasteiger partial charge in [0.25, 0.3) is 0 Å². The maximum Gasteiger partial charge on any atom is 0.248 e. The first-order valence-corrected chi connectivity index (χ1v) is 11.6. The summed E-state index contributed by atoms with van der Waals surface area (Å²) in [6.45, 7) is 0. The molecule has 7 heteroatoms. The van der Waals surface area contributed by atoms with Crippen molar-refractivity contribution in [3.63, 3.8) is 0 Å². The fourth-order valence-electron chi connectivity index (χ4n) is 2.59. The Kier molecular flexibility index (Phi) is 4.92. The van der Waals surface area contributed by atoms with Gasteiger partial charge in [-0.25, -0.2) is 0 Å². The van der Waals surface area contributed by atoms with E-state index in [2.05, 4.69) is 38.6 Å². The summed E-state index contributed by atoms with van der Waals surface area (Å²) in [5.41, 5.74) is 3.06. The Balaban J connectivity index is 1.34. The Bertz CT molecular complexity index is 1060. The van der Waals surface area contributed by atoms with Crippen LogP contribution in [0.2, 0.25) is 0 Å². The average Bonchev–Trinajstić information content (AvgIpc) is 3.50. The van der Waals surface area contributed by atoms with E-state index in [1.807, 2.05) is 54.2 Å². The van der Waals surface area contributed by atoms with Crippen LogP contribution in [-0.2, 0) is 0 Å². The van der Waals surface area contributed by atoms with Crippen LogP contribution in [0.15, 0.2) is 83.7 Å². The van der Waals surface area contributed by atoms with Crippen LogP contribution in [0.3, 0.4) is 0 Å². The van der Waals surface area contributed by atoms with Crippen LogP contribution in [0.1, 0.15) is 5.56 Å². The van der Waals surface area contributed by atoms with Crippen LogP contribution in [0.25, 0.3) is 27.8 Å². The molecule has 0 fully saturated rings. The van der Waals surface area contributed by atoms with Gasteiger partial charge in [-0.2, -0.15) is 0 Å². The molecular weight excluding hydrogens is 413 g/mol. The molecule has 27 heavy (non-hydrogen) atoms. The van der Waals surface area contributed by atoms with Crippen LogP contribution in [0.5, 0.6) is 0 Å². The second-order valence-electron chi connectivity index (χ2n) is 5.64. The van der Waals surface area contributed by atoms with Crippen LogP contribution in [-0.4, -0.2) is 10.2 Å². The highest BCUT2D eigenvalue weighted by Gasteiger charge is 2.20. The molecule has 0 saturated carbocycles. The lowest BCUT2D eigenvalue weighted by Gasteiger charge is -2.04. The summed E-state index contributed by atoms with van der Waals surface area (Å²) < 4.78 is 8.57. The van der Waals surface area contributed by atoms with Gasteiger partial charge >= 0.3 is 0 Å². The topological polar surface area (TPSA) is 38.9 Å². The van der Waals surface area contributed by atoms with Gasteiger partial charge in [0.2, 0.25) is 11.8 Å². The average molecular weight is 425 g/mol. The number of benzene rings is 2. The van der Waals surface area contributed by atoms with Crippen molar-refractivity contribution in [2.45, 2.75) is 0 Å². The summed E-state index contributed by atoms with van der Waals surface area (Å²) in [4.78, 5) is 1.28. The molecule has 0 bridgehead atoms. The third-order valence-corrected chi connectivity index (χ3v) is 8.98. The van der Waals surface area contributed by atoms with Crippen LogP contribution >= 0.6 is 47.0 Å². The first-order chi connectivity index (χ1) is 13.4. The smallest absolute Gasteiger partial charge is 0.248 e. The molecule has 2 aliphatic rings.